The van der Waals surface area contributed by atoms with Crippen molar-refractivity contribution in [2.45, 2.75) is 43.5 Å². The molecule has 30 heavy (non-hydrogen) atoms. The number of hydrogen-bond donors (Lipinski definition) is 1. The Balaban J connectivity index is 1.44. The Bertz CT molecular complexity index is 908. The van der Waals surface area contributed by atoms with Gasteiger partial charge in [-0.2, -0.15) is 4.31 Å². The van der Waals surface area contributed by atoms with Gasteiger partial charge in [0.2, 0.25) is 15.9 Å². The topological polar surface area (TPSA) is 75.7 Å². The number of morpholine rings is 1. The van der Waals surface area contributed by atoms with Crippen LogP contribution in [0.5, 0.6) is 0 Å². The lowest BCUT2D eigenvalue weighted by Crippen LogP contribution is -2.40. The zero-order chi connectivity index (χ0) is 21.4. The third-order valence-corrected chi connectivity index (χ3v) is 7.20. The maximum absolute atomic E-state index is 12.7. The van der Waals surface area contributed by atoms with Crippen molar-refractivity contribution in [3.05, 3.63) is 65.7 Å². The molecule has 1 heterocycles. The van der Waals surface area contributed by atoms with Gasteiger partial charge < -0.3 is 10.1 Å². The van der Waals surface area contributed by atoms with Crippen molar-refractivity contribution in [2.75, 3.05) is 26.3 Å². The molecule has 2 aromatic carbocycles. The molecule has 1 aliphatic heterocycles. The van der Waals surface area contributed by atoms with Gasteiger partial charge >= 0.3 is 0 Å². The Morgan fingerprint density at radius 1 is 1.00 bits per heavy atom. The van der Waals surface area contributed by atoms with Crippen LogP contribution in [-0.4, -0.2) is 51.0 Å². The first kappa shape index (κ1) is 22.5. The number of carbonyl (C=O) groups excluding carboxylic acids is 1. The van der Waals surface area contributed by atoms with E-state index >= 15 is 0 Å². The van der Waals surface area contributed by atoms with E-state index in [0.717, 1.165) is 18.4 Å². The number of ether oxygens (including phenoxy) is 1. The summed E-state index contributed by atoms with van der Waals surface area (Å²) in [6, 6.07) is 17.2. The second-order valence-electron chi connectivity index (χ2n) is 7.65. The van der Waals surface area contributed by atoms with Gasteiger partial charge in [0.25, 0.3) is 0 Å². The molecule has 0 bridgehead atoms. The van der Waals surface area contributed by atoms with E-state index in [4.69, 9.17) is 4.74 Å². The van der Waals surface area contributed by atoms with E-state index in [2.05, 4.69) is 17.4 Å². The summed E-state index contributed by atoms with van der Waals surface area (Å²) in [6.07, 6.45) is 2.78. The molecule has 1 aliphatic rings. The van der Waals surface area contributed by atoms with Gasteiger partial charge in [-0.15, -0.1) is 0 Å². The van der Waals surface area contributed by atoms with E-state index in [-0.39, 0.29) is 16.8 Å². The molecule has 1 fully saturated rings. The number of sulfonamides is 1. The maximum atomic E-state index is 12.7. The number of benzene rings is 2. The Hall–Kier alpha value is -2.22. The van der Waals surface area contributed by atoms with Crippen LogP contribution in [-0.2, 0) is 32.4 Å². The summed E-state index contributed by atoms with van der Waals surface area (Å²) in [4.78, 5) is 12.5. The van der Waals surface area contributed by atoms with Crippen LogP contribution >= 0.6 is 0 Å². The molecule has 1 N–H and O–H groups in total. The van der Waals surface area contributed by atoms with Crippen molar-refractivity contribution in [3.63, 3.8) is 0 Å². The van der Waals surface area contributed by atoms with Gasteiger partial charge in [0.15, 0.2) is 0 Å². The molecule has 0 saturated carbocycles. The number of nitrogens with one attached hydrogen (secondary N) is 1. The highest BCUT2D eigenvalue weighted by Gasteiger charge is 2.26. The average molecular weight is 431 g/mol. The molecule has 1 saturated heterocycles. The summed E-state index contributed by atoms with van der Waals surface area (Å²) in [5.74, 6) is 0.0144. The van der Waals surface area contributed by atoms with Gasteiger partial charge in [0.05, 0.1) is 18.1 Å². The van der Waals surface area contributed by atoms with Crippen LogP contribution in [0.4, 0.5) is 0 Å². The molecule has 0 radical (unpaired) electrons. The van der Waals surface area contributed by atoms with E-state index in [1.165, 1.54) is 9.87 Å². The normalized spacial score (nSPS) is 16.2. The van der Waals surface area contributed by atoms with Crippen LogP contribution in [0, 0.1) is 0 Å². The lowest BCUT2D eigenvalue weighted by Gasteiger charge is -2.26. The standard InChI is InChI=1S/C23H30N2O4S/c1-19(7-8-20-5-3-2-4-6-20)24-23(26)14-11-21-9-12-22(13-10-21)30(27,28)25-15-17-29-18-16-25/h2-6,9-10,12-13,19H,7-8,11,14-18H2,1H3,(H,24,26). The van der Waals surface area contributed by atoms with Gasteiger partial charge in [-0.1, -0.05) is 42.5 Å². The molecule has 0 spiro atoms. The third kappa shape index (κ3) is 6.39. The number of nitrogens with zero attached hydrogens (tertiary/aromatic N) is 1. The molecule has 0 aliphatic carbocycles. The van der Waals surface area contributed by atoms with E-state index < -0.39 is 10.0 Å². The smallest absolute Gasteiger partial charge is 0.243 e. The van der Waals surface area contributed by atoms with Gasteiger partial charge in [0, 0.05) is 25.6 Å². The fraction of sp³-hybridized carbons (Fsp3) is 0.435. The minimum atomic E-state index is -3.48. The monoisotopic (exact) mass is 430 g/mol. The largest absolute Gasteiger partial charge is 0.379 e. The molecule has 2 aromatic rings. The number of hydrogen-bond acceptors (Lipinski definition) is 4. The third-order valence-electron chi connectivity index (χ3n) is 5.29. The first-order valence-electron chi connectivity index (χ1n) is 10.5. The van der Waals surface area contributed by atoms with E-state index in [1.807, 2.05) is 25.1 Å². The average Bonchev–Trinajstić information content (AvgIpc) is 2.78. The quantitative estimate of drug-likeness (QED) is 0.664. The minimum Gasteiger partial charge on any atom is -0.379 e. The zero-order valence-electron chi connectivity index (χ0n) is 17.4. The van der Waals surface area contributed by atoms with E-state index in [9.17, 15) is 13.2 Å². The van der Waals surface area contributed by atoms with Crippen molar-refractivity contribution >= 4 is 15.9 Å². The van der Waals surface area contributed by atoms with Crippen LogP contribution in [0.3, 0.4) is 0 Å². The highest BCUT2D eigenvalue weighted by atomic mass is 32.2. The van der Waals surface area contributed by atoms with Crippen molar-refractivity contribution in [1.29, 1.82) is 0 Å². The molecular formula is C23H30N2O4S. The molecule has 1 atom stereocenters. The van der Waals surface area contributed by atoms with E-state index in [1.54, 1.807) is 24.3 Å². The first-order chi connectivity index (χ1) is 14.4. The molecule has 162 valence electrons. The molecule has 3 rings (SSSR count). The summed E-state index contributed by atoms with van der Waals surface area (Å²) in [7, 11) is -3.48. The first-order valence-corrected chi connectivity index (χ1v) is 11.9. The van der Waals surface area contributed by atoms with Crippen molar-refractivity contribution < 1.29 is 17.9 Å². The van der Waals surface area contributed by atoms with Gasteiger partial charge in [-0.3, -0.25) is 4.79 Å². The number of rotatable bonds is 9. The van der Waals surface area contributed by atoms with Crippen LogP contribution in [0.2, 0.25) is 0 Å². The lowest BCUT2D eigenvalue weighted by molar-refractivity contribution is -0.121. The number of carbonyl (C=O) groups is 1. The van der Waals surface area contributed by atoms with E-state index in [0.29, 0.717) is 39.1 Å². The summed E-state index contributed by atoms with van der Waals surface area (Å²) in [5, 5.41) is 3.05. The maximum Gasteiger partial charge on any atom is 0.243 e. The van der Waals surface area contributed by atoms with Gasteiger partial charge in [-0.05, 0) is 49.4 Å². The Labute approximate surface area is 179 Å². The van der Waals surface area contributed by atoms with Gasteiger partial charge in [0.1, 0.15) is 0 Å². The molecule has 7 heteroatoms. The Morgan fingerprint density at radius 2 is 1.63 bits per heavy atom. The fourth-order valence-electron chi connectivity index (χ4n) is 3.47. The molecular weight excluding hydrogens is 400 g/mol. The Kier molecular flexibility index (Phi) is 8.01. The molecule has 6 nitrogen and oxygen atoms in total. The summed E-state index contributed by atoms with van der Waals surface area (Å²) < 4.78 is 32.0. The van der Waals surface area contributed by atoms with Crippen molar-refractivity contribution in [3.8, 4) is 0 Å². The van der Waals surface area contributed by atoms with Crippen LogP contribution in [0.1, 0.15) is 30.9 Å². The second-order valence-corrected chi connectivity index (χ2v) is 9.59. The predicted molar refractivity (Wildman–Crippen MR) is 117 cm³/mol. The zero-order valence-corrected chi connectivity index (χ0v) is 18.2. The predicted octanol–water partition coefficient (Wildman–Crippen LogP) is 2.78. The summed E-state index contributed by atoms with van der Waals surface area (Å²) in [6.45, 7) is 3.64. The van der Waals surface area contributed by atoms with Crippen LogP contribution in [0.25, 0.3) is 0 Å². The minimum absolute atomic E-state index is 0.0144. The SMILES string of the molecule is CC(CCc1ccccc1)NC(=O)CCc1ccc(S(=O)(=O)N2CCOCC2)cc1. The highest BCUT2D eigenvalue weighted by Crippen LogP contribution is 2.18. The molecule has 1 amide bonds. The van der Waals surface area contributed by atoms with Crippen molar-refractivity contribution in [2.24, 2.45) is 0 Å². The van der Waals surface area contributed by atoms with Crippen LogP contribution < -0.4 is 5.32 Å². The summed E-state index contributed by atoms with van der Waals surface area (Å²) >= 11 is 0. The fourth-order valence-corrected chi connectivity index (χ4v) is 4.88. The number of amides is 1. The highest BCUT2D eigenvalue weighted by molar-refractivity contribution is 7.89. The van der Waals surface area contributed by atoms with Crippen molar-refractivity contribution in [1.82, 2.24) is 9.62 Å². The second kappa shape index (κ2) is 10.7. The molecule has 0 aromatic heterocycles. The van der Waals surface area contributed by atoms with Gasteiger partial charge in [-0.25, -0.2) is 8.42 Å². The summed E-state index contributed by atoms with van der Waals surface area (Å²) in [5.41, 5.74) is 2.22. The Morgan fingerprint density at radius 3 is 2.30 bits per heavy atom. The lowest BCUT2D eigenvalue weighted by atomic mass is 10.1. The number of aryl methyl sites for hydroxylation is 2. The van der Waals surface area contributed by atoms with Crippen LogP contribution in [0.15, 0.2) is 59.5 Å². The molecule has 1 unspecified atom stereocenters.